The van der Waals surface area contributed by atoms with E-state index >= 15 is 0 Å². The number of cyclic esters (lactones) is 2. The molecular weight excluding hydrogens is 370 g/mol. The maximum atomic E-state index is 12.2. The van der Waals surface area contributed by atoms with Gasteiger partial charge in [0.15, 0.2) is 15.4 Å². The normalized spacial score (nSPS) is 17.1. The summed E-state index contributed by atoms with van der Waals surface area (Å²) < 4.78 is 34.4. The molecule has 0 spiro atoms. The molecule has 0 aliphatic carbocycles. The summed E-state index contributed by atoms with van der Waals surface area (Å²) in [5.74, 6) is -3.04. The standard InChI is InChI=1S/C16H18ClNO6S/c1-9(2)25(21,22)10-5-6-12(17)13(7-10)18-8-11-14(19)23-16(3,4)24-15(11)20/h5-9,18H,1-4H3. The van der Waals surface area contributed by atoms with E-state index in [9.17, 15) is 18.0 Å². The quantitative estimate of drug-likeness (QED) is 0.481. The van der Waals surface area contributed by atoms with Crippen molar-refractivity contribution in [3.63, 3.8) is 0 Å². The molecular formula is C16H18ClNO6S. The van der Waals surface area contributed by atoms with Crippen LogP contribution < -0.4 is 5.32 Å². The maximum absolute atomic E-state index is 12.2. The van der Waals surface area contributed by atoms with Gasteiger partial charge in [0.2, 0.25) is 0 Å². The molecule has 1 aromatic carbocycles. The first-order valence-electron chi connectivity index (χ1n) is 7.41. The number of esters is 2. The van der Waals surface area contributed by atoms with Crippen LogP contribution in [-0.4, -0.2) is 31.4 Å². The molecule has 1 aliphatic heterocycles. The lowest BCUT2D eigenvalue weighted by Gasteiger charge is -2.29. The van der Waals surface area contributed by atoms with Crippen molar-refractivity contribution in [3.05, 3.63) is 35.0 Å². The largest absolute Gasteiger partial charge is 0.419 e. The molecule has 25 heavy (non-hydrogen) atoms. The fraction of sp³-hybridized carbons (Fsp3) is 0.375. The number of ether oxygens (including phenoxy) is 2. The molecule has 0 aromatic heterocycles. The first-order valence-corrected chi connectivity index (χ1v) is 9.33. The lowest BCUT2D eigenvalue weighted by molar-refractivity contribution is -0.222. The van der Waals surface area contributed by atoms with E-state index in [1.165, 1.54) is 32.0 Å². The molecule has 0 unspecified atom stereocenters. The van der Waals surface area contributed by atoms with Gasteiger partial charge in [0.1, 0.15) is 0 Å². The minimum Gasteiger partial charge on any atom is -0.419 e. The summed E-state index contributed by atoms with van der Waals surface area (Å²) in [6.07, 6.45) is 1.08. The summed E-state index contributed by atoms with van der Waals surface area (Å²) in [4.78, 5) is 23.8. The van der Waals surface area contributed by atoms with Gasteiger partial charge in [0.25, 0.3) is 5.79 Å². The van der Waals surface area contributed by atoms with E-state index in [2.05, 4.69) is 5.32 Å². The SMILES string of the molecule is CC(C)S(=O)(=O)c1ccc(Cl)c(NC=C2C(=O)OC(C)(C)OC2=O)c1. The first kappa shape index (κ1) is 19.3. The van der Waals surface area contributed by atoms with E-state index in [0.717, 1.165) is 6.20 Å². The van der Waals surface area contributed by atoms with Crippen LogP contribution in [0.1, 0.15) is 27.7 Å². The van der Waals surface area contributed by atoms with Crippen LogP contribution in [-0.2, 0) is 28.9 Å². The van der Waals surface area contributed by atoms with Gasteiger partial charge in [0.05, 0.1) is 20.9 Å². The topological polar surface area (TPSA) is 98.8 Å². The number of nitrogens with one attached hydrogen (secondary N) is 1. The number of rotatable bonds is 4. The molecule has 0 radical (unpaired) electrons. The van der Waals surface area contributed by atoms with Crippen molar-refractivity contribution in [2.45, 2.75) is 43.6 Å². The van der Waals surface area contributed by atoms with E-state index in [4.69, 9.17) is 21.1 Å². The summed E-state index contributed by atoms with van der Waals surface area (Å²) in [6.45, 7) is 6.00. The van der Waals surface area contributed by atoms with Crippen LogP contribution in [0.15, 0.2) is 34.9 Å². The van der Waals surface area contributed by atoms with Gasteiger partial charge in [-0.05, 0) is 32.0 Å². The zero-order chi connectivity index (χ0) is 19.0. The van der Waals surface area contributed by atoms with Gasteiger partial charge in [-0.3, -0.25) is 0 Å². The van der Waals surface area contributed by atoms with Gasteiger partial charge in [-0.1, -0.05) is 11.6 Å². The Hall–Kier alpha value is -2.06. The first-order chi connectivity index (χ1) is 11.4. The number of carbonyl (C=O) groups excluding carboxylic acids is 2. The number of carbonyl (C=O) groups is 2. The van der Waals surface area contributed by atoms with Crippen molar-refractivity contribution >= 4 is 39.1 Å². The second-order valence-electron chi connectivity index (χ2n) is 6.12. The molecule has 1 saturated heterocycles. The molecule has 1 aliphatic rings. The van der Waals surface area contributed by atoms with Crippen LogP contribution in [0.2, 0.25) is 5.02 Å². The van der Waals surface area contributed by atoms with E-state index in [1.54, 1.807) is 13.8 Å². The summed E-state index contributed by atoms with van der Waals surface area (Å²) >= 11 is 6.04. The van der Waals surface area contributed by atoms with Crippen LogP contribution in [0.5, 0.6) is 0 Å². The Morgan fingerprint density at radius 1 is 1.16 bits per heavy atom. The highest BCUT2D eigenvalue weighted by Crippen LogP contribution is 2.28. The van der Waals surface area contributed by atoms with Gasteiger partial charge >= 0.3 is 11.9 Å². The van der Waals surface area contributed by atoms with Crippen molar-refractivity contribution in [3.8, 4) is 0 Å². The molecule has 0 bridgehead atoms. The average molecular weight is 388 g/mol. The molecule has 1 aromatic rings. The number of hydrogen-bond acceptors (Lipinski definition) is 7. The zero-order valence-corrected chi connectivity index (χ0v) is 15.7. The van der Waals surface area contributed by atoms with Gasteiger partial charge in [0, 0.05) is 20.0 Å². The van der Waals surface area contributed by atoms with Crippen molar-refractivity contribution < 1.29 is 27.5 Å². The van der Waals surface area contributed by atoms with Gasteiger partial charge < -0.3 is 14.8 Å². The van der Waals surface area contributed by atoms with E-state index in [0.29, 0.717) is 0 Å². The van der Waals surface area contributed by atoms with Crippen molar-refractivity contribution in [1.82, 2.24) is 0 Å². The Labute approximate surface area is 150 Å². The van der Waals surface area contributed by atoms with Crippen molar-refractivity contribution in [1.29, 1.82) is 0 Å². The molecule has 1 N–H and O–H groups in total. The molecule has 1 fully saturated rings. The monoisotopic (exact) mass is 387 g/mol. The van der Waals surface area contributed by atoms with Crippen molar-refractivity contribution in [2.24, 2.45) is 0 Å². The highest BCUT2D eigenvalue weighted by Gasteiger charge is 2.39. The van der Waals surface area contributed by atoms with Gasteiger partial charge in [-0.15, -0.1) is 0 Å². The average Bonchev–Trinajstić information content (AvgIpc) is 2.46. The number of anilines is 1. The third kappa shape index (κ3) is 4.13. The molecule has 0 saturated carbocycles. The number of benzene rings is 1. The van der Waals surface area contributed by atoms with Crippen LogP contribution in [0.3, 0.4) is 0 Å². The van der Waals surface area contributed by atoms with Crippen LogP contribution in [0.4, 0.5) is 5.69 Å². The Morgan fingerprint density at radius 3 is 2.24 bits per heavy atom. The predicted octanol–water partition coefficient (Wildman–Crippen LogP) is 2.65. The van der Waals surface area contributed by atoms with Crippen LogP contribution in [0, 0.1) is 0 Å². The fourth-order valence-electron chi connectivity index (χ4n) is 1.99. The zero-order valence-electron chi connectivity index (χ0n) is 14.1. The third-order valence-corrected chi connectivity index (χ3v) is 5.86. The number of hydrogen-bond donors (Lipinski definition) is 1. The Kier molecular flexibility index (Phi) is 5.15. The lowest BCUT2D eigenvalue weighted by Crippen LogP contribution is -2.42. The second-order valence-corrected chi connectivity index (χ2v) is 9.03. The van der Waals surface area contributed by atoms with E-state index in [1.807, 2.05) is 0 Å². The molecule has 0 atom stereocenters. The second kappa shape index (κ2) is 6.68. The molecule has 1 heterocycles. The number of sulfone groups is 1. The maximum Gasteiger partial charge on any atom is 0.350 e. The summed E-state index contributed by atoms with van der Waals surface area (Å²) in [6, 6.07) is 4.14. The van der Waals surface area contributed by atoms with E-state index < -0.39 is 32.8 Å². The fourth-order valence-corrected chi connectivity index (χ4v) is 3.25. The molecule has 136 valence electrons. The number of halogens is 1. The predicted molar refractivity (Wildman–Crippen MR) is 91.7 cm³/mol. The Morgan fingerprint density at radius 2 is 1.72 bits per heavy atom. The summed E-state index contributed by atoms with van der Waals surface area (Å²) in [7, 11) is -3.50. The van der Waals surface area contributed by atoms with E-state index in [-0.39, 0.29) is 21.2 Å². The van der Waals surface area contributed by atoms with Crippen LogP contribution >= 0.6 is 11.6 Å². The summed E-state index contributed by atoms with van der Waals surface area (Å²) in [5, 5.41) is 2.28. The lowest BCUT2D eigenvalue weighted by atomic mass is 10.2. The summed E-state index contributed by atoms with van der Waals surface area (Å²) in [5.41, 5.74) is -0.131. The molecule has 9 heteroatoms. The molecule has 7 nitrogen and oxygen atoms in total. The Bertz CT molecular complexity index is 835. The smallest absolute Gasteiger partial charge is 0.350 e. The Balaban J connectivity index is 2.32. The van der Waals surface area contributed by atoms with Gasteiger partial charge in [-0.25, -0.2) is 18.0 Å². The minimum atomic E-state index is -3.50. The highest BCUT2D eigenvalue weighted by atomic mass is 35.5. The minimum absolute atomic E-state index is 0.0720. The van der Waals surface area contributed by atoms with Crippen molar-refractivity contribution in [2.75, 3.05) is 5.32 Å². The highest BCUT2D eigenvalue weighted by molar-refractivity contribution is 7.92. The van der Waals surface area contributed by atoms with Crippen LogP contribution in [0.25, 0.3) is 0 Å². The molecule has 2 rings (SSSR count). The van der Waals surface area contributed by atoms with Gasteiger partial charge in [-0.2, -0.15) is 0 Å². The molecule has 0 amide bonds. The third-order valence-electron chi connectivity index (χ3n) is 3.38.